The number of nitrogens with one attached hydrogen (secondary N) is 1. The summed E-state index contributed by atoms with van der Waals surface area (Å²) in [6.07, 6.45) is -1.69. The van der Waals surface area contributed by atoms with Crippen molar-refractivity contribution >= 4 is 35.4 Å². The number of anilines is 1. The Labute approximate surface area is 167 Å². The molecule has 0 atom stereocenters. The Morgan fingerprint density at radius 3 is 2.66 bits per heavy atom. The van der Waals surface area contributed by atoms with Crippen LogP contribution in [0.15, 0.2) is 36.5 Å². The second-order valence-electron chi connectivity index (χ2n) is 5.47. The molecule has 0 bridgehead atoms. The van der Waals surface area contributed by atoms with Crippen LogP contribution in [0.5, 0.6) is 11.5 Å². The zero-order chi connectivity index (χ0) is 21.6. The molecule has 2 rings (SSSR count). The first-order valence-corrected chi connectivity index (χ1v) is 8.22. The van der Waals surface area contributed by atoms with E-state index in [1.807, 2.05) is 0 Å². The molecule has 0 aliphatic heterocycles. The van der Waals surface area contributed by atoms with Crippen LogP contribution in [0.2, 0.25) is 5.02 Å². The van der Waals surface area contributed by atoms with Crippen molar-refractivity contribution in [3.8, 4) is 11.5 Å². The van der Waals surface area contributed by atoms with E-state index in [2.05, 4.69) is 10.3 Å². The van der Waals surface area contributed by atoms with Gasteiger partial charge in [-0.2, -0.15) is 13.2 Å². The fourth-order valence-electron chi connectivity index (χ4n) is 2.00. The molecule has 1 amide bonds. The van der Waals surface area contributed by atoms with E-state index in [9.17, 15) is 27.9 Å². The zero-order valence-electron chi connectivity index (χ0n) is 14.8. The van der Waals surface area contributed by atoms with Crippen molar-refractivity contribution < 1.29 is 37.3 Å². The number of hydrogen-bond acceptors (Lipinski definition) is 6. The molecule has 7 nitrogen and oxygen atoms in total. The molecule has 29 heavy (non-hydrogen) atoms. The molecule has 0 aliphatic carbocycles. The summed E-state index contributed by atoms with van der Waals surface area (Å²) in [5.74, 6) is -1.85. The molecule has 0 radical (unpaired) electrons. The Morgan fingerprint density at radius 1 is 1.31 bits per heavy atom. The molecule has 0 spiro atoms. The number of aromatic nitrogens is 1. The number of methoxy groups -OCH3 is 1. The van der Waals surface area contributed by atoms with E-state index in [1.54, 1.807) is 0 Å². The van der Waals surface area contributed by atoms with Crippen molar-refractivity contribution in [2.24, 2.45) is 0 Å². The lowest BCUT2D eigenvalue weighted by Gasteiger charge is -2.10. The first-order chi connectivity index (χ1) is 13.6. The summed E-state index contributed by atoms with van der Waals surface area (Å²) in [5, 5.41) is 11.2. The number of hydrogen-bond donors (Lipinski definition) is 2. The van der Waals surface area contributed by atoms with Crippen molar-refractivity contribution in [2.75, 3.05) is 19.0 Å². The average Bonchev–Trinajstić information content (AvgIpc) is 2.66. The van der Waals surface area contributed by atoms with Gasteiger partial charge in [0.1, 0.15) is 0 Å². The number of carbonyl (C=O) groups excluding carboxylic acids is 2. The average molecular weight is 431 g/mol. The predicted octanol–water partition coefficient (Wildman–Crippen LogP) is 3.66. The van der Waals surface area contributed by atoms with Crippen molar-refractivity contribution in [1.82, 2.24) is 4.98 Å². The maximum atomic E-state index is 12.6. The summed E-state index contributed by atoms with van der Waals surface area (Å²) < 4.78 is 47.3. The number of halogens is 4. The molecule has 2 N–H and O–H groups in total. The third kappa shape index (κ3) is 6.39. The van der Waals surface area contributed by atoms with Crippen molar-refractivity contribution in [3.05, 3.63) is 52.7 Å². The quantitative estimate of drug-likeness (QED) is 0.536. The summed E-state index contributed by atoms with van der Waals surface area (Å²) in [6, 6.07) is 4.99. The van der Waals surface area contributed by atoms with Gasteiger partial charge in [0.25, 0.3) is 5.91 Å². The Balaban J connectivity index is 1.90. The SMILES string of the molecule is COc1cc(/C=C/C(=O)OCC(=O)Nc2ncc(C(F)(F)F)cc2Cl)ccc1O. The van der Waals surface area contributed by atoms with Gasteiger partial charge in [0.15, 0.2) is 23.9 Å². The van der Waals surface area contributed by atoms with Crippen LogP contribution in [-0.2, 0) is 20.5 Å². The fraction of sp³-hybridized carbons (Fsp3) is 0.167. The number of phenolic OH excluding ortho intramolecular Hbond substituents is 1. The van der Waals surface area contributed by atoms with Crippen LogP contribution in [-0.4, -0.2) is 35.7 Å². The van der Waals surface area contributed by atoms with Gasteiger partial charge in [0, 0.05) is 12.3 Å². The van der Waals surface area contributed by atoms with Crippen molar-refractivity contribution in [2.45, 2.75) is 6.18 Å². The normalized spacial score (nSPS) is 11.3. The number of pyridine rings is 1. The highest BCUT2D eigenvalue weighted by molar-refractivity contribution is 6.33. The number of amides is 1. The van der Waals surface area contributed by atoms with E-state index in [0.29, 0.717) is 17.8 Å². The van der Waals surface area contributed by atoms with Crippen LogP contribution in [0.25, 0.3) is 6.08 Å². The number of esters is 1. The number of aromatic hydroxyl groups is 1. The number of benzene rings is 1. The van der Waals surface area contributed by atoms with Gasteiger partial charge in [0.05, 0.1) is 17.7 Å². The molecule has 0 fully saturated rings. The third-order valence-corrected chi connectivity index (χ3v) is 3.68. The van der Waals surface area contributed by atoms with Gasteiger partial charge in [-0.1, -0.05) is 17.7 Å². The van der Waals surface area contributed by atoms with Crippen LogP contribution in [0, 0.1) is 0 Å². The highest BCUT2D eigenvalue weighted by Crippen LogP contribution is 2.32. The minimum absolute atomic E-state index is 0.0700. The van der Waals surface area contributed by atoms with Crippen LogP contribution in [0.3, 0.4) is 0 Å². The molecule has 1 aromatic heterocycles. The summed E-state index contributed by atoms with van der Waals surface area (Å²) in [6.45, 7) is -0.707. The van der Waals surface area contributed by atoms with E-state index < -0.39 is 35.2 Å². The smallest absolute Gasteiger partial charge is 0.417 e. The topological polar surface area (TPSA) is 97.8 Å². The second-order valence-corrected chi connectivity index (χ2v) is 5.88. The maximum Gasteiger partial charge on any atom is 0.417 e. The van der Waals surface area contributed by atoms with Crippen LogP contribution in [0.4, 0.5) is 19.0 Å². The molecular weight excluding hydrogens is 417 g/mol. The van der Waals surface area contributed by atoms with Crippen LogP contribution < -0.4 is 10.1 Å². The molecule has 0 unspecified atom stereocenters. The van der Waals surface area contributed by atoms with Gasteiger partial charge in [-0.05, 0) is 29.8 Å². The second kappa shape index (κ2) is 9.28. The van der Waals surface area contributed by atoms with Gasteiger partial charge in [-0.25, -0.2) is 9.78 Å². The van der Waals surface area contributed by atoms with E-state index in [-0.39, 0.29) is 17.3 Å². The lowest BCUT2D eigenvalue weighted by atomic mass is 10.2. The summed E-state index contributed by atoms with van der Waals surface area (Å²) in [4.78, 5) is 26.9. The Hall–Kier alpha value is -3.27. The third-order valence-electron chi connectivity index (χ3n) is 3.39. The molecule has 1 heterocycles. The molecule has 0 saturated carbocycles. The Morgan fingerprint density at radius 2 is 2.03 bits per heavy atom. The number of alkyl halides is 3. The zero-order valence-corrected chi connectivity index (χ0v) is 15.5. The van der Waals surface area contributed by atoms with Gasteiger partial charge < -0.3 is 19.9 Å². The van der Waals surface area contributed by atoms with Gasteiger partial charge in [0.2, 0.25) is 0 Å². The molecule has 0 aliphatic rings. The number of phenols is 1. The Bertz CT molecular complexity index is 948. The number of rotatable bonds is 6. The summed E-state index contributed by atoms with van der Waals surface area (Å²) in [7, 11) is 1.37. The monoisotopic (exact) mass is 430 g/mol. The van der Waals surface area contributed by atoms with Crippen molar-refractivity contribution in [1.29, 1.82) is 0 Å². The molecule has 2 aromatic rings. The minimum Gasteiger partial charge on any atom is -0.504 e. The van der Waals surface area contributed by atoms with Gasteiger partial charge in [-0.3, -0.25) is 4.79 Å². The molecular formula is C18H14ClF3N2O5. The predicted molar refractivity (Wildman–Crippen MR) is 97.5 cm³/mol. The number of nitrogens with zero attached hydrogens (tertiary/aromatic N) is 1. The van der Waals surface area contributed by atoms with Gasteiger partial charge in [-0.15, -0.1) is 0 Å². The largest absolute Gasteiger partial charge is 0.504 e. The highest BCUT2D eigenvalue weighted by atomic mass is 35.5. The van der Waals surface area contributed by atoms with Crippen molar-refractivity contribution in [3.63, 3.8) is 0 Å². The van der Waals surface area contributed by atoms with E-state index in [4.69, 9.17) is 21.1 Å². The minimum atomic E-state index is -4.62. The summed E-state index contributed by atoms with van der Waals surface area (Å²) >= 11 is 5.67. The first-order valence-electron chi connectivity index (χ1n) is 7.84. The lowest BCUT2D eigenvalue weighted by molar-refractivity contribution is -0.142. The maximum absolute atomic E-state index is 12.6. The molecule has 0 saturated heterocycles. The highest BCUT2D eigenvalue weighted by Gasteiger charge is 2.31. The standard InChI is InChI=1S/C18H14ClF3N2O5/c1-28-14-6-10(2-4-13(14)25)3-5-16(27)29-9-15(26)24-17-12(19)7-11(8-23-17)18(20,21)22/h2-8,25H,9H2,1H3,(H,23,24,26)/b5-3+. The lowest BCUT2D eigenvalue weighted by Crippen LogP contribution is -2.21. The van der Waals surface area contributed by atoms with E-state index in [1.165, 1.54) is 31.4 Å². The number of carbonyl (C=O) groups is 2. The first kappa shape index (κ1) is 22.0. The molecule has 154 valence electrons. The van der Waals surface area contributed by atoms with Gasteiger partial charge >= 0.3 is 12.1 Å². The van der Waals surface area contributed by atoms with Crippen LogP contribution >= 0.6 is 11.6 Å². The fourth-order valence-corrected chi connectivity index (χ4v) is 2.21. The summed E-state index contributed by atoms with van der Waals surface area (Å²) in [5.41, 5.74) is -0.537. The van der Waals surface area contributed by atoms with E-state index >= 15 is 0 Å². The molecule has 1 aromatic carbocycles. The molecule has 11 heteroatoms. The van der Waals surface area contributed by atoms with Crippen LogP contribution in [0.1, 0.15) is 11.1 Å². The Kier molecular flexibility index (Phi) is 7.05. The number of ether oxygens (including phenoxy) is 2. The van der Waals surface area contributed by atoms with E-state index in [0.717, 1.165) is 6.08 Å².